The van der Waals surface area contributed by atoms with Gasteiger partial charge in [0, 0.05) is 0 Å². The molecule has 0 aromatic rings. The lowest BCUT2D eigenvalue weighted by Crippen LogP contribution is -1.99. The van der Waals surface area contributed by atoms with Gasteiger partial charge in [-0.2, -0.15) is 0 Å². The molecule has 0 amide bonds. The fourth-order valence-corrected chi connectivity index (χ4v) is 0.288. The lowest BCUT2D eigenvalue weighted by Gasteiger charge is -2.03. The molecule has 0 aliphatic carbocycles. The van der Waals surface area contributed by atoms with Crippen LogP contribution in [0, 0.1) is 5.92 Å². The van der Waals surface area contributed by atoms with Crippen molar-refractivity contribution in [1.29, 1.82) is 0 Å². The van der Waals surface area contributed by atoms with Crippen LogP contribution in [0.25, 0.3) is 0 Å². The normalized spacial score (nSPS) is 12.8. The van der Waals surface area contributed by atoms with E-state index >= 15 is 0 Å². The van der Waals surface area contributed by atoms with Crippen molar-refractivity contribution in [2.75, 3.05) is 6.61 Å². The SMILES string of the molecule is [CH]=NOCC(C)CC. The highest BCUT2D eigenvalue weighted by Gasteiger charge is 1.95. The third-order valence-corrected chi connectivity index (χ3v) is 1.13. The van der Waals surface area contributed by atoms with Gasteiger partial charge >= 0.3 is 0 Å². The van der Waals surface area contributed by atoms with Gasteiger partial charge in [-0.15, -0.1) is 0 Å². The van der Waals surface area contributed by atoms with E-state index in [4.69, 9.17) is 6.72 Å². The van der Waals surface area contributed by atoms with Crippen LogP contribution in [0.4, 0.5) is 0 Å². The predicted octanol–water partition coefficient (Wildman–Crippen LogP) is 1.54. The minimum Gasteiger partial charge on any atom is -0.395 e. The van der Waals surface area contributed by atoms with E-state index in [2.05, 4.69) is 23.8 Å². The van der Waals surface area contributed by atoms with E-state index in [1.54, 1.807) is 0 Å². The van der Waals surface area contributed by atoms with Crippen molar-refractivity contribution in [1.82, 2.24) is 0 Å². The zero-order valence-electron chi connectivity index (χ0n) is 5.42. The molecule has 47 valence electrons. The molecule has 1 radical (unpaired) electrons. The highest BCUT2D eigenvalue weighted by Crippen LogP contribution is 1.99. The number of hydrogen-bond acceptors (Lipinski definition) is 2. The molecule has 0 heterocycles. The topological polar surface area (TPSA) is 21.6 Å². The third kappa shape index (κ3) is 3.65. The van der Waals surface area contributed by atoms with Crippen LogP contribution in [-0.2, 0) is 4.84 Å². The maximum Gasteiger partial charge on any atom is 0.119 e. The number of hydrogen-bond donors (Lipinski definition) is 0. The van der Waals surface area contributed by atoms with Gasteiger partial charge in [-0.1, -0.05) is 25.4 Å². The van der Waals surface area contributed by atoms with Crippen molar-refractivity contribution in [3.63, 3.8) is 0 Å². The lowest BCUT2D eigenvalue weighted by atomic mass is 10.1. The smallest absolute Gasteiger partial charge is 0.119 e. The van der Waals surface area contributed by atoms with Crippen LogP contribution in [0.3, 0.4) is 0 Å². The largest absolute Gasteiger partial charge is 0.395 e. The Labute approximate surface area is 50.5 Å². The molecule has 0 aromatic carbocycles. The molecule has 0 fully saturated rings. The van der Waals surface area contributed by atoms with Gasteiger partial charge in [-0.3, -0.25) is 0 Å². The minimum absolute atomic E-state index is 0.558. The van der Waals surface area contributed by atoms with Gasteiger partial charge in [0.2, 0.25) is 0 Å². The Morgan fingerprint density at radius 3 is 2.75 bits per heavy atom. The van der Waals surface area contributed by atoms with Crippen molar-refractivity contribution in [2.24, 2.45) is 11.1 Å². The Kier molecular flexibility index (Phi) is 4.32. The Bertz CT molecular complexity index is 63.5. The first-order valence-electron chi connectivity index (χ1n) is 2.83. The summed E-state index contributed by atoms with van der Waals surface area (Å²) in [6.45, 7) is 9.56. The Hall–Kier alpha value is -0.530. The van der Waals surface area contributed by atoms with Gasteiger partial charge in [-0.25, -0.2) is 0 Å². The van der Waals surface area contributed by atoms with E-state index in [0.717, 1.165) is 6.42 Å². The van der Waals surface area contributed by atoms with E-state index in [1.165, 1.54) is 0 Å². The molecule has 0 N–H and O–H groups in total. The monoisotopic (exact) mass is 114 g/mol. The van der Waals surface area contributed by atoms with Crippen LogP contribution in [0.5, 0.6) is 0 Å². The van der Waals surface area contributed by atoms with E-state index in [1.807, 2.05) is 0 Å². The molecule has 0 aliphatic heterocycles. The second-order valence-electron chi connectivity index (χ2n) is 1.91. The summed E-state index contributed by atoms with van der Waals surface area (Å²) in [7, 11) is 0. The van der Waals surface area contributed by atoms with Crippen molar-refractivity contribution in [3.8, 4) is 0 Å². The average Bonchev–Trinajstić information content (AvgIpc) is 1.83. The molecule has 0 rings (SSSR count). The fraction of sp³-hybridized carbons (Fsp3) is 0.833. The molecule has 1 unspecified atom stereocenters. The Balaban J connectivity index is 2.97. The zero-order chi connectivity index (χ0) is 6.41. The third-order valence-electron chi connectivity index (χ3n) is 1.13. The van der Waals surface area contributed by atoms with Gasteiger partial charge in [0.25, 0.3) is 0 Å². The first-order chi connectivity index (χ1) is 3.81. The molecule has 0 bridgehead atoms. The maximum atomic E-state index is 4.73. The molecule has 2 heteroatoms. The first kappa shape index (κ1) is 7.47. The molecule has 0 spiro atoms. The molecule has 0 saturated carbocycles. The van der Waals surface area contributed by atoms with E-state index in [-0.39, 0.29) is 0 Å². The van der Waals surface area contributed by atoms with Crippen LogP contribution in [-0.4, -0.2) is 13.3 Å². The molecule has 0 aliphatic rings. The summed E-state index contributed by atoms with van der Waals surface area (Å²) in [6, 6.07) is 0. The summed E-state index contributed by atoms with van der Waals surface area (Å²) in [5.41, 5.74) is 0. The van der Waals surface area contributed by atoms with Crippen LogP contribution in [0.2, 0.25) is 0 Å². The molecule has 1 atom stereocenters. The first-order valence-corrected chi connectivity index (χ1v) is 2.83. The Morgan fingerprint density at radius 1 is 1.75 bits per heavy atom. The number of rotatable bonds is 4. The maximum absolute atomic E-state index is 4.73. The van der Waals surface area contributed by atoms with E-state index in [9.17, 15) is 0 Å². The van der Waals surface area contributed by atoms with Crippen molar-refractivity contribution in [3.05, 3.63) is 0 Å². The fourth-order valence-electron chi connectivity index (χ4n) is 0.288. The molecular weight excluding hydrogens is 102 g/mol. The second-order valence-corrected chi connectivity index (χ2v) is 1.91. The molecule has 8 heavy (non-hydrogen) atoms. The summed E-state index contributed by atoms with van der Waals surface area (Å²) in [5.74, 6) is 0.558. The van der Waals surface area contributed by atoms with E-state index in [0.29, 0.717) is 12.5 Å². The summed E-state index contributed by atoms with van der Waals surface area (Å²) in [6.07, 6.45) is 1.11. The van der Waals surface area contributed by atoms with Crippen molar-refractivity contribution >= 4 is 6.72 Å². The molecular formula is C6H12NO. The van der Waals surface area contributed by atoms with Crippen LogP contribution < -0.4 is 0 Å². The standard InChI is InChI=1S/C6H12NO/c1-4-6(2)5-8-7-3/h3,6H,4-5H2,1-2H3. The second kappa shape index (κ2) is 4.62. The van der Waals surface area contributed by atoms with Crippen molar-refractivity contribution < 1.29 is 4.84 Å². The predicted molar refractivity (Wildman–Crippen MR) is 33.9 cm³/mol. The summed E-state index contributed by atoms with van der Waals surface area (Å²) in [4.78, 5) is 4.59. The quantitative estimate of drug-likeness (QED) is 0.401. The van der Waals surface area contributed by atoms with E-state index < -0.39 is 0 Å². The number of nitrogens with zero attached hydrogens (tertiary/aromatic N) is 1. The summed E-state index contributed by atoms with van der Waals surface area (Å²) >= 11 is 0. The highest BCUT2D eigenvalue weighted by molar-refractivity contribution is 5.21. The molecule has 0 aromatic heterocycles. The molecule has 0 saturated heterocycles. The Morgan fingerprint density at radius 2 is 2.38 bits per heavy atom. The minimum atomic E-state index is 0.558. The van der Waals surface area contributed by atoms with Crippen LogP contribution in [0.1, 0.15) is 20.3 Å². The highest BCUT2D eigenvalue weighted by atomic mass is 16.6. The van der Waals surface area contributed by atoms with Gasteiger partial charge in [-0.05, 0) is 5.92 Å². The van der Waals surface area contributed by atoms with Crippen LogP contribution in [0.15, 0.2) is 5.16 Å². The van der Waals surface area contributed by atoms with Gasteiger partial charge < -0.3 is 4.84 Å². The average molecular weight is 114 g/mol. The zero-order valence-corrected chi connectivity index (χ0v) is 5.42. The van der Waals surface area contributed by atoms with Gasteiger partial charge in [0.05, 0.1) is 6.72 Å². The van der Waals surface area contributed by atoms with Crippen molar-refractivity contribution in [2.45, 2.75) is 20.3 Å². The lowest BCUT2D eigenvalue weighted by molar-refractivity contribution is 0.114. The van der Waals surface area contributed by atoms with Gasteiger partial charge in [0.15, 0.2) is 0 Å². The van der Waals surface area contributed by atoms with Crippen LogP contribution >= 0.6 is 0 Å². The summed E-state index contributed by atoms with van der Waals surface area (Å²) in [5, 5.41) is 3.02. The summed E-state index contributed by atoms with van der Waals surface area (Å²) < 4.78 is 0. The molecule has 2 nitrogen and oxygen atoms in total. The van der Waals surface area contributed by atoms with Gasteiger partial charge in [0.1, 0.15) is 6.61 Å².